The highest BCUT2D eigenvalue weighted by molar-refractivity contribution is 7.99. The second kappa shape index (κ2) is 14.4. The molecule has 0 spiro atoms. The van der Waals surface area contributed by atoms with Crippen molar-refractivity contribution < 1.29 is 0 Å². The molecule has 10 rings (SSSR count). The van der Waals surface area contributed by atoms with Gasteiger partial charge in [-0.1, -0.05) is 206 Å². The summed E-state index contributed by atoms with van der Waals surface area (Å²) in [6.07, 6.45) is 0. The molecule has 0 saturated heterocycles. The van der Waals surface area contributed by atoms with E-state index in [0.29, 0.717) is 17.5 Å². The molecule has 0 atom stereocenters. The smallest absolute Gasteiger partial charge is 0.164 e. The van der Waals surface area contributed by atoms with Crippen LogP contribution in [0.4, 0.5) is 0 Å². The van der Waals surface area contributed by atoms with Gasteiger partial charge in [-0.2, -0.15) is 0 Å². The van der Waals surface area contributed by atoms with Crippen LogP contribution < -0.4 is 0 Å². The first kappa shape index (κ1) is 33.7. The number of hydrogen-bond acceptors (Lipinski definition) is 4. The summed E-state index contributed by atoms with van der Waals surface area (Å²) in [6, 6.07) is 75.3. The van der Waals surface area contributed by atoms with Crippen LogP contribution >= 0.6 is 11.8 Å². The molecular weight excluding hydrogens is 699 g/mol. The number of hydrogen-bond donors (Lipinski definition) is 0. The number of fused-ring (bicyclic) bond motifs is 2. The standard InChI is InChI=1S/C52H35N3S/c1-5-16-36(17-6-1)37-28-30-39(31-29-37)50-53-49(38-18-7-2-8-19-38)54-51(55-50)42-21-15-20-40(34-42)41-32-33-46-48(35-41)56-47-27-14-13-26-45(47)52(46,43-22-9-3-10-23-43)44-24-11-4-12-25-44/h1-35H. The van der Waals surface area contributed by atoms with Crippen LogP contribution in [0, 0.1) is 0 Å². The van der Waals surface area contributed by atoms with E-state index < -0.39 is 5.41 Å². The van der Waals surface area contributed by atoms with Crippen LogP contribution in [-0.4, -0.2) is 15.0 Å². The van der Waals surface area contributed by atoms with E-state index in [1.54, 1.807) is 0 Å². The number of rotatable bonds is 7. The van der Waals surface area contributed by atoms with Crippen molar-refractivity contribution in [1.82, 2.24) is 15.0 Å². The molecule has 56 heavy (non-hydrogen) atoms. The van der Waals surface area contributed by atoms with Gasteiger partial charge in [0.1, 0.15) is 0 Å². The molecular formula is C52H35N3S. The highest BCUT2D eigenvalue weighted by atomic mass is 32.2. The summed E-state index contributed by atoms with van der Waals surface area (Å²) in [4.78, 5) is 17.6. The molecule has 0 fully saturated rings. The van der Waals surface area contributed by atoms with Crippen molar-refractivity contribution in [3.8, 4) is 56.4 Å². The zero-order valence-corrected chi connectivity index (χ0v) is 31.3. The molecule has 0 amide bonds. The minimum absolute atomic E-state index is 0.464. The third-order valence-electron chi connectivity index (χ3n) is 10.7. The first-order valence-electron chi connectivity index (χ1n) is 18.9. The summed E-state index contributed by atoms with van der Waals surface area (Å²) in [6.45, 7) is 0. The monoisotopic (exact) mass is 733 g/mol. The Hall–Kier alpha value is -6.88. The van der Waals surface area contributed by atoms with Gasteiger partial charge in [0, 0.05) is 26.5 Å². The van der Waals surface area contributed by atoms with Gasteiger partial charge in [0.15, 0.2) is 17.5 Å². The van der Waals surface area contributed by atoms with Gasteiger partial charge in [-0.15, -0.1) is 0 Å². The zero-order valence-electron chi connectivity index (χ0n) is 30.5. The molecule has 0 saturated carbocycles. The van der Waals surface area contributed by atoms with E-state index >= 15 is 0 Å². The first-order valence-corrected chi connectivity index (χ1v) is 19.7. The van der Waals surface area contributed by atoms with Crippen LogP contribution in [0.1, 0.15) is 22.3 Å². The Morgan fingerprint density at radius 2 is 0.696 bits per heavy atom. The highest BCUT2D eigenvalue weighted by Gasteiger charge is 2.44. The fraction of sp³-hybridized carbons (Fsp3) is 0.0192. The Morgan fingerprint density at radius 3 is 1.34 bits per heavy atom. The topological polar surface area (TPSA) is 38.7 Å². The molecule has 1 aromatic heterocycles. The van der Waals surface area contributed by atoms with Gasteiger partial charge < -0.3 is 0 Å². The fourth-order valence-electron chi connectivity index (χ4n) is 8.02. The van der Waals surface area contributed by atoms with E-state index in [2.05, 4.69) is 176 Å². The van der Waals surface area contributed by atoms with Crippen LogP contribution in [0.5, 0.6) is 0 Å². The Bertz CT molecular complexity index is 2770. The third-order valence-corrected chi connectivity index (χ3v) is 11.8. The highest BCUT2D eigenvalue weighted by Crippen LogP contribution is 2.56. The fourth-order valence-corrected chi connectivity index (χ4v) is 9.25. The molecule has 8 aromatic carbocycles. The van der Waals surface area contributed by atoms with Crippen LogP contribution in [-0.2, 0) is 5.41 Å². The van der Waals surface area contributed by atoms with Crippen molar-refractivity contribution in [2.24, 2.45) is 0 Å². The van der Waals surface area contributed by atoms with Gasteiger partial charge in [-0.05, 0) is 62.7 Å². The van der Waals surface area contributed by atoms with Crippen molar-refractivity contribution in [2.75, 3.05) is 0 Å². The van der Waals surface area contributed by atoms with Gasteiger partial charge >= 0.3 is 0 Å². The number of aromatic nitrogens is 3. The van der Waals surface area contributed by atoms with Crippen molar-refractivity contribution in [3.63, 3.8) is 0 Å². The molecule has 0 N–H and O–H groups in total. The minimum Gasteiger partial charge on any atom is -0.208 e. The molecule has 1 aliphatic heterocycles. The van der Waals surface area contributed by atoms with E-state index in [1.807, 2.05) is 48.2 Å². The van der Waals surface area contributed by atoms with Gasteiger partial charge in [0.2, 0.25) is 0 Å². The average molecular weight is 734 g/mol. The quantitative estimate of drug-likeness (QED) is 0.163. The van der Waals surface area contributed by atoms with Crippen molar-refractivity contribution in [1.29, 1.82) is 0 Å². The maximum Gasteiger partial charge on any atom is 0.164 e. The van der Waals surface area contributed by atoms with Crippen molar-refractivity contribution in [3.05, 3.63) is 235 Å². The number of benzene rings is 8. The second-order valence-electron chi connectivity index (χ2n) is 14.0. The lowest BCUT2D eigenvalue weighted by molar-refractivity contribution is 0.703. The summed E-state index contributed by atoms with van der Waals surface area (Å²) < 4.78 is 0. The van der Waals surface area contributed by atoms with Gasteiger partial charge in [0.05, 0.1) is 5.41 Å². The van der Waals surface area contributed by atoms with Crippen LogP contribution in [0.15, 0.2) is 222 Å². The molecule has 9 aromatic rings. The molecule has 0 aliphatic carbocycles. The van der Waals surface area contributed by atoms with Gasteiger partial charge in [-0.25, -0.2) is 15.0 Å². The molecule has 3 nitrogen and oxygen atoms in total. The SMILES string of the molecule is c1ccc(-c2ccc(-c3nc(-c4ccccc4)nc(-c4cccc(-c5ccc6c(c5)Sc5ccccc5C6(c5ccccc5)c5ccccc5)c4)n3)cc2)cc1. The number of nitrogens with zero attached hydrogens (tertiary/aromatic N) is 3. The lowest BCUT2D eigenvalue weighted by Crippen LogP contribution is -2.34. The normalized spacial score (nSPS) is 12.7. The zero-order chi connectivity index (χ0) is 37.3. The van der Waals surface area contributed by atoms with Crippen molar-refractivity contribution >= 4 is 11.8 Å². The first-order chi connectivity index (χ1) is 27.7. The largest absolute Gasteiger partial charge is 0.208 e. The summed E-state index contributed by atoms with van der Waals surface area (Å²) in [5.74, 6) is 1.92. The predicted octanol–water partition coefficient (Wildman–Crippen LogP) is 13.1. The predicted molar refractivity (Wildman–Crippen MR) is 229 cm³/mol. The maximum atomic E-state index is 5.09. The van der Waals surface area contributed by atoms with Crippen LogP contribution in [0.2, 0.25) is 0 Å². The van der Waals surface area contributed by atoms with E-state index in [0.717, 1.165) is 33.4 Å². The van der Waals surface area contributed by atoms with Crippen LogP contribution in [0.3, 0.4) is 0 Å². The summed E-state index contributed by atoms with van der Waals surface area (Å²) in [5, 5.41) is 0. The minimum atomic E-state index is -0.464. The summed E-state index contributed by atoms with van der Waals surface area (Å²) in [7, 11) is 0. The van der Waals surface area contributed by atoms with E-state index in [4.69, 9.17) is 15.0 Å². The molecule has 0 bridgehead atoms. The third kappa shape index (κ3) is 6.01. The molecule has 2 heterocycles. The van der Waals surface area contributed by atoms with E-state index in [1.165, 1.54) is 37.6 Å². The lowest BCUT2D eigenvalue weighted by atomic mass is 9.64. The Kier molecular flexibility index (Phi) is 8.66. The average Bonchev–Trinajstić information content (AvgIpc) is 3.29. The Morgan fingerprint density at radius 1 is 0.286 bits per heavy atom. The van der Waals surface area contributed by atoms with Gasteiger partial charge in [-0.3, -0.25) is 0 Å². The lowest BCUT2D eigenvalue weighted by Gasteiger charge is -2.42. The Labute approximate surface area is 331 Å². The van der Waals surface area contributed by atoms with E-state index in [9.17, 15) is 0 Å². The molecule has 264 valence electrons. The summed E-state index contributed by atoms with van der Waals surface area (Å²) in [5.41, 5.74) is 12.0. The summed E-state index contributed by atoms with van der Waals surface area (Å²) >= 11 is 1.85. The van der Waals surface area contributed by atoms with E-state index in [-0.39, 0.29) is 0 Å². The molecule has 1 aliphatic rings. The molecule has 4 heteroatoms. The Balaban J connectivity index is 1.08. The van der Waals surface area contributed by atoms with Crippen LogP contribution in [0.25, 0.3) is 56.4 Å². The molecule has 0 unspecified atom stereocenters. The van der Waals surface area contributed by atoms with Gasteiger partial charge in [0.25, 0.3) is 0 Å². The molecule has 0 radical (unpaired) electrons. The second-order valence-corrected chi connectivity index (χ2v) is 15.1. The maximum absolute atomic E-state index is 5.09. The van der Waals surface area contributed by atoms with Crippen molar-refractivity contribution in [2.45, 2.75) is 15.2 Å².